The Morgan fingerprint density at radius 2 is 2.00 bits per heavy atom. The van der Waals surface area contributed by atoms with Crippen molar-refractivity contribution in [1.29, 1.82) is 0 Å². The lowest BCUT2D eigenvalue weighted by Gasteiger charge is -2.09. The Kier molecular flexibility index (Phi) is 4.69. The molecule has 25 heavy (non-hydrogen) atoms. The highest BCUT2D eigenvalue weighted by molar-refractivity contribution is 14.1. The minimum Gasteiger partial charge on any atom is -0.323 e. The largest absolute Gasteiger partial charge is 0.332 e. The van der Waals surface area contributed by atoms with E-state index in [1.165, 1.54) is 29.6 Å². The van der Waals surface area contributed by atoms with E-state index in [1.54, 1.807) is 12.1 Å². The number of carbonyl (C=O) groups excluding carboxylic acids is 1. The summed E-state index contributed by atoms with van der Waals surface area (Å²) in [6.45, 7) is -0.133. The van der Waals surface area contributed by atoms with Crippen LogP contribution in [0.4, 0.5) is 5.69 Å². The van der Waals surface area contributed by atoms with Gasteiger partial charge in [-0.1, -0.05) is 11.6 Å². The number of nitrogens with zero attached hydrogens (tertiary/aromatic N) is 4. The van der Waals surface area contributed by atoms with Crippen LogP contribution in [0.5, 0.6) is 0 Å². The number of amides is 1. The molecule has 0 saturated carbocycles. The monoisotopic (exact) mass is 473 g/mol. The third kappa shape index (κ3) is 3.21. The topological polar surface area (TPSA) is 90.9 Å². The lowest BCUT2D eigenvalue weighted by molar-refractivity contribution is -0.116. The zero-order valence-corrected chi connectivity index (χ0v) is 16.2. The zero-order chi connectivity index (χ0) is 18.3. The maximum absolute atomic E-state index is 12.3. The van der Waals surface area contributed by atoms with Crippen LogP contribution in [0.15, 0.2) is 34.1 Å². The molecular weight excluding hydrogens is 461 g/mol. The second kappa shape index (κ2) is 6.64. The van der Waals surface area contributed by atoms with E-state index in [2.05, 4.69) is 32.9 Å². The first-order valence-corrected chi connectivity index (χ1v) is 8.61. The van der Waals surface area contributed by atoms with Crippen LogP contribution in [0.1, 0.15) is 0 Å². The Balaban J connectivity index is 1.94. The molecule has 0 aliphatic rings. The number of nitrogens with one attached hydrogen (secondary N) is 1. The average Bonchev–Trinajstić information content (AvgIpc) is 2.97. The van der Waals surface area contributed by atoms with Crippen LogP contribution >= 0.6 is 34.2 Å². The molecule has 1 aromatic carbocycles. The first-order chi connectivity index (χ1) is 11.8. The molecule has 0 fully saturated rings. The van der Waals surface area contributed by atoms with Crippen molar-refractivity contribution in [1.82, 2.24) is 18.7 Å². The van der Waals surface area contributed by atoms with Crippen LogP contribution in [0.2, 0.25) is 5.02 Å². The van der Waals surface area contributed by atoms with Crippen molar-refractivity contribution < 1.29 is 4.79 Å². The highest BCUT2D eigenvalue weighted by atomic mass is 127. The van der Waals surface area contributed by atoms with E-state index in [9.17, 15) is 14.4 Å². The Hall–Kier alpha value is -2.14. The zero-order valence-electron chi connectivity index (χ0n) is 13.3. The van der Waals surface area contributed by atoms with Crippen molar-refractivity contribution in [2.24, 2.45) is 14.1 Å². The fraction of sp³-hybridized carbons (Fsp3) is 0.200. The molecule has 0 aliphatic heterocycles. The van der Waals surface area contributed by atoms with Gasteiger partial charge in [0.1, 0.15) is 6.54 Å². The number of benzene rings is 1. The number of halogens is 2. The molecule has 1 amide bonds. The van der Waals surface area contributed by atoms with Crippen LogP contribution in [-0.4, -0.2) is 24.6 Å². The summed E-state index contributed by atoms with van der Waals surface area (Å²) in [5.74, 6) is -0.363. The number of anilines is 1. The van der Waals surface area contributed by atoms with E-state index in [1.807, 2.05) is 6.07 Å². The normalized spacial score (nSPS) is 11.0. The fourth-order valence-electron chi connectivity index (χ4n) is 2.45. The van der Waals surface area contributed by atoms with E-state index in [0.29, 0.717) is 10.7 Å². The van der Waals surface area contributed by atoms with Gasteiger partial charge in [-0.3, -0.25) is 18.7 Å². The third-order valence-electron chi connectivity index (χ3n) is 3.74. The predicted molar refractivity (Wildman–Crippen MR) is 103 cm³/mol. The molecule has 130 valence electrons. The van der Waals surface area contributed by atoms with Crippen LogP contribution < -0.4 is 16.6 Å². The maximum atomic E-state index is 12.3. The van der Waals surface area contributed by atoms with Crippen molar-refractivity contribution in [3.63, 3.8) is 0 Å². The standard InChI is InChI=1S/C15H13ClIN5O3/c1-20-13-12(14(24)21(2)15(20)25)22(7-18-13)6-11(23)19-10-4-3-8(17)5-9(10)16/h3-5,7H,6H2,1-2H3,(H,19,23). The van der Waals surface area contributed by atoms with Crippen LogP contribution in [-0.2, 0) is 25.4 Å². The van der Waals surface area contributed by atoms with E-state index < -0.39 is 11.2 Å². The fourth-order valence-corrected chi connectivity index (χ4v) is 3.36. The molecule has 10 heteroatoms. The highest BCUT2D eigenvalue weighted by Gasteiger charge is 2.16. The number of imidazole rings is 1. The third-order valence-corrected chi connectivity index (χ3v) is 4.72. The summed E-state index contributed by atoms with van der Waals surface area (Å²) in [4.78, 5) is 40.7. The van der Waals surface area contributed by atoms with Gasteiger partial charge in [0.25, 0.3) is 5.56 Å². The summed E-state index contributed by atoms with van der Waals surface area (Å²) in [7, 11) is 2.90. The highest BCUT2D eigenvalue weighted by Crippen LogP contribution is 2.23. The average molecular weight is 474 g/mol. The van der Waals surface area contributed by atoms with Crippen molar-refractivity contribution in [2.45, 2.75) is 6.54 Å². The number of carbonyl (C=O) groups is 1. The molecule has 0 aliphatic carbocycles. The minimum atomic E-state index is -0.504. The Labute approximate surface area is 160 Å². The number of aromatic nitrogens is 4. The van der Waals surface area contributed by atoms with Crippen molar-refractivity contribution in [3.8, 4) is 0 Å². The second-order valence-electron chi connectivity index (χ2n) is 5.42. The molecule has 0 spiro atoms. The molecule has 3 rings (SSSR count). The van der Waals surface area contributed by atoms with Crippen LogP contribution in [0, 0.1) is 3.57 Å². The first-order valence-electron chi connectivity index (χ1n) is 7.15. The molecule has 1 N–H and O–H groups in total. The van der Waals surface area contributed by atoms with Gasteiger partial charge in [-0.15, -0.1) is 0 Å². The predicted octanol–water partition coefficient (Wildman–Crippen LogP) is 1.33. The van der Waals surface area contributed by atoms with Gasteiger partial charge >= 0.3 is 5.69 Å². The van der Waals surface area contributed by atoms with Crippen molar-refractivity contribution in [2.75, 3.05) is 5.32 Å². The van der Waals surface area contributed by atoms with E-state index in [-0.39, 0.29) is 23.6 Å². The van der Waals surface area contributed by atoms with Crippen molar-refractivity contribution >= 4 is 57.0 Å². The van der Waals surface area contributed by atoms with Crippen LogP contribution in [0.25, 0.3) is 11.2 Å². The van der Waals surface area contributed by atoms with Gasteiger partial charge in [0.2, 0.25) is 5.91 Å². The molecule has 0 unspecified atom stereocenters. The number of hydrogen-bond donors (Lipinski definition) is 1. The number of hydrogen-bond acceptors (Lipinski definition) is 4. The molecule has 2 heterocycles. The van der Waals surface area contributed by atoms with Gasteiger partial charge in [-0.25, -0.2) is 9.78 Å². The SMILES string of the molecule is Cn1c(=O)c2c(ncn2CC(=O)Nc2ccc(I)cc2Cl)n(C)c1=O. The quantitative estimate of drug-likeness (QED) is 0.581. The Bertz CT molecular complexity index is 1110. The lowest BCUT2D eigenvalue weighted by Crippen LogP contribution is -2.37. The second-order valence-corrected chi connectivity index (χ2v) is 7.08. The summed E-state index contributed by atoms with van der Waals surface area (Å²) in [6, 6.07) is 5.26. The van der Waals surface area contributed by atoms with Gasteiger partial charge in [-0.05, 0) is 40.8 Å². The summed E-state index contributed by atoms with van der Waals surface area (Å²) in [5.41, 5.74) is -0.0768. The summed E-state index contributed by atoms with van der Waals surface area (Å²) < 4.78 is 4.61. The lowest BCUT2D eigenvalue weighted by atomic mass is 10.3. The first kappa shape index (κ1) is 17.7. The molecule has 0 atom stereocenters. The molecule has 0 saturated heterocycles. The molecular formula is C15H13ClIN5O3. The maximum Gasteiger partial charge on any atom is 0.332 e. The van der Waals surface area contributed by atoms with Gasteiger partial charge in [0, 0.05) is 17.7 Å². The van der Waals surface area contributed by atoms with E-state index in [0.717, 1.165) is 8.14 Å². The van der Waals surface area contributed by atoms with Crippen LogP contribution in [0.3, 0.4) is 0 Å². The molecule has 0 radical (unpaired) electrons. The van der Waals surface area contributed by atoms with Gasteiger partial charge in [0.05, 0.1) is 17.0 Å². The summed E-state index contributed by atoms with van der Waals surface area (Å²) in [6.07, 6.45) is 1.36. The Morgan fingerprint density at radius 3 is 2.68 bits per heavy atom. The summed E-state index contributed by atoms with van der Waals surface area (Å²) >= 11 is 8.23. The van der Waals surface area contributed by atoms with E-state index >= 15 is 0 Å². The Morgan fingerprint density at radius 1 is 1.28 bits per heavy atom. The number of fused-ring (bicyclic) bond motifs is 1. The molecule has 8 nitrogen and oxygen atoms in total. The van der Waals surface area contributed by atoms with Gasteiger partial charge in [0.15, 0.2) is 11.2 Å². The number of rotatable bonds is 3. The molecule has 3 aromatic rings. The molecule has 0 bridgehead atoms. The minimum absolute atomic E-state index is 0.133. The van der Waals surface area contributed by atoms with E-state index in [4.69, 9.17) is 11.6 Å². The molecule has 2 aromatic heterocycles. The van der Waals surface area contributed by atoms with Crippen molar-refractivity contribution in [3.05, 3.63) is 54.0 Å². The summed E-state index contributed by atoms with van der Waals surface area (Å²) in [5, 5.41) is 3.13. The van der Waals surface area contributed by atoms with Gasteiger partial charge < -0.3 is 9.88 Å². The smallest absolute Gasteiger partial charge is 0.323 e. The van der Waals surface area contributed by atoms with Gasteiger partial charge in [-0.2, -0.15) is 0 Å². The number of aryl methyl sites for hydroxylation is 1.